The maximum atomic E-state index is 6.68. The fourth-order valence-corrected chi connectivity index (χ4v) is 3.08. The minimum atomic E-state index is -0.000394. The van der Waals surface area contributed by atoms with Crippen LogP contribution < -0.4 is 5.73 Å². The van der Waals surface area contributed by atoms with E-state index >= 15 is 0 Å². The molecule has 0 spiro atoms. The van der Waals surface area contributed by atoms with Gasteiger partial charge in [0.25, 0.3) is 0 Å². The van der Waals surface area contributed by atoms with E-state index in [0.717, 1.165) is 0 Å². The molecule has 1 aromatic carbocycles. The van der Waals surface area contributed by atoms with E-state index in [9.17, 15) is 0 Å². The maximum Gasteiger partial charge on any atom is 0.0247 e. The molecule has 0 bridgehead atoms. The van der Waals surface area contributed by atoms with Crippen molar-refractivity contribution in [1.82, 2.24) is 0 Å². The molecule has 0 amide bonds. The van der Waals surface area contributed by atoms with E-state index in [4.69, 9.17) is 5.73 Å². The van der Waals surface area contributed by atoms with Gasteiger partial charge in [0.1, 0.15) is 0 Å². The molecule has 0 radical (unpaired) electrons. The Morgan fingerprint density at radius 3 is 2.50 bits per heavy atom. The lowest BCUT2D eigenvalue weighted by atomic mass is 9.65. The van der Waals surface area contributed by atoms with Crippen LogP contribution in [0.1, 0.15) is 51.0 Å². The molecular formula is C15H23N. The van der Waals surface area contributed by atoms with E-state index in [2.05, 4.69) is 44.2 Å². The average molecular weight is 217 g/mol. The summed E-state index contributed by atoms with van der Waals surface area (Å²) in [5.41, 5.74) is 8.11. The fraction of sp³-hybridized carbons (Fsp3) is 0.600. The Kier molecular flexibility index (Phi) is 3.34. The van der Waals surface area contributed by atoms with Crippen molar-refractivity contribution < 1.29 is 0 Å². The molecule has 0 saturated heterocycles. The predicted octanol–water partition coefficient (Wildman–Crippen LogP) is 3.70. The first-order chi connectivity index (χ1) is 7.64. The molecule has 2 atom stereocenters. The first-order valence-corrected chi connectivity index (χ1v) is 6.48. The largest absolute Gasteiger partial charge is 0.324 e. The molecule has 0 aliphatic heterocycles. The van der Waals surface area contributed by atoms with Crippen molar-refractivity contribution in [2.24, 2.45) is 11.7 Å². The second-order valence-corrected chi connectivity index (χ2v) is 5.48. The molecule has 1 heteroatoms. The summed E-state index contributed by atoms with van der Waals surface area (Å²) in [6.45, 7) is 4.53. The second-order valence-electron chi connectivity index (χ2n) is 5.48. The molecule has 1 aliphatic rings. The van der Waals surface area contributed by atoms with Gasteiger partial charge in [0.15, 0.2) is 0 Å². The smallest absolute Gasteiger partial charge is 0.0247 e. The van der Waals surface area contributed by atoms with Gasteiger partial charge in [-0.3, -0.25) is 0 Å². The van der Waals surface area contributed by atoms with Gasteiger partial charge < -0.3 is 5.73 Å². The van der Waals surface area contributed by atoms with Gasteiger partial charge in [-0.1, -0.05) is 57.0 Å². The first kappa shape index (κ1) is 11.7. The lowest BCUT2D eigenvalue weighted by molar-refractivity contribution is 0.185. The van der Waals surface area contributed by atoms with Crippen LogP contribution in [0.5, 0.6) is 0 Å². The highest BCUT2D eigenvalue weighted by molar-refractivity contribution is 5.25. The predicted molar refractivity (Wildman–Crippen MR) is 69.4 cm³/mol. The topological polar surface area (TPSA) is 26.0 Å². The van der Waals surface area contributed by atoms with Crippen molar-refractivity contribution in [3.8, 4) is 0 Å². The lowest BCUT2D eigenvalue weighted by Crippen LogP contribution is -2.52. The van der Waals surface area contributed by atoms with Gasteiger partial charge in [0.05, 0.1) is 0 Å². The quantitative estimate of drug-likeness (QED) is 0.803. The van der Waals surface area contributed by atoms with Crippen LogP contribution in [0.3, 0.4) is 0 Å². The highest BCUT2D eigenvalue weighted by atomic mass is 14.8. The van der Waals surface area contributed by atoms with Crippen molar-refractivity contribution in [3.63, 3.8) is 0 Å². The van der Waals surface area contributed by atoms with Gasteiger partial charge in [0, 0.05) is 11.5 Å². The van der Waals surface area contributed by atoms with Crippen molar-refractivity contribution in [2.75, 3.05) is 0 Å². The molecule has 2 rings (SSSR count). The van der Waals surface area contributed by atoms with Gasteiger partial charge in [-0.05, 0) is 24.3 Å². The molecule has 16 heavy (non-hydrogen) atoms. The third-order valence-corrected chi connectivity index (χ3v) is 4.28. The zero-order chi connectivity index (χ0) is 11.6. The van der Waals surface area contributed by atoms with Crippen LogP contribution in [-0.4, -0.2) is 5.54 Å². The summed E-state index contributed by atoms with van der Waals surface area (Å²) < 4.78 is 0. The van der Waals surface area contributed by atoms with Crippen molar-refractivity contribution in [1.29, 1.82) is 0 Å². The Hall–Kier alpha value is -0.820. The van der Waals surface area contributed by atoms with Gasteiger partial charge in [-0.2, -0.15) is 0 Å². The number of rotatable bonds is 2. The molecule has 1 saturated carbocycles. The molecule has 1 aromatic rings. The van der Waals surface area contributed by atoms with Crippen LogP contribution in [0.25, 0.3) is 0 Å². The number of nitrogens with two attached hydrogens (primary N) is 1. The average Bonchev–Trinajstić information content (AvgIpc) is 2.30. The highest BCUT2D eigenvalue weighted by Crippen LogP contribution is 2.43. The van der Waals surface area contributed by atoms with Crippen LogP contribution in [0.4, 0.5) is 0 Å². The Morgan fingerprint density at radius 1 is 1.19 bits per heavy atom. The summed E-state index contributed by atoms with van der Waals surface area (Å²) >= 11 is 0. The van der Waals surface area contributed by atoms with Crippen LogP contribution >= 0.6 is 0 Å². The van der Waals surface area contributed by atoms with E-state index in [0.29, 0.717) is 11.8 Å². The number of hydrogen-bond donors (Lipinski definition) is 1. The van der Waals surface area contributed by atoms with Gasteiger partial charge in [0.2, 0.25) is 0 Å². The van der Waals surface area contributed by atoms with Crippen LogP contribution in [0.15, 0.2) is 30.3 Å². The lowest BCUT2D eigenvalue weighted by Gasteiger charge is -2.45. The van der Waals surface area contributed by atoms with E-state index in [1.165, 1.54) is 31.2 Å². The van der Waals surface area contributed by atoms with Crippen molar-refractivity contribution in [2.45, 2.75) is 51.0 Å². The zero-order valence-corrected chi connectivity index (χ0v) is 10.4. The zero-order valence-electron chi connectivity index (χ0n) is 10.4. The summed E-state index contributed by atoms with van der Waals surface area (Å²) in [6, 6.07) is 10.8. The number of hydrogen-bond acceptors (Lipinski definition) is 1. The Balaban J connectivity index is 2.30. The standard InChI is InChI=1S/C15H23N/c1-12(2)15(16)11-7-6-10-14(15)13-8-4-3-5-9-13/h3-5,8-9,12,14H,6-7,10-11,16H2,1-2H3. The van der Waals surface area contributed by atoms with Crippen LogP contribution in [-0.2, 0) is 0 Å². The van der Waals surface area contributed by atoms with Crippen molar-refractivity contribution >= 4 is 0 Å². The van der Waals surface area contributed by atoms with Crippen LogP contribution in [0.2, 0.25) is 0 Å². The van der Waals surface area contributed by atoms with E-state index in [1.54, 1.807) is 0 Å². The Morgan fingerprint density at radius 2 is 1.88 bits per heavy atom. The van der Waals surface area contributed by atoms with E-state index < -0.39 is 0 Å². The Labute approximate surface area is 99.0 Å². The minimum absolute atomic E-state index is 0.000394. The Bertz CT molecular complexity index is 331. The molecule has 0 heterocycles. The summed E-state index contributed by atoms with van der Waals surface area (Å²) in [4.78, 5) is 0. The summed E-state index contributed by atoms with van der Waals surface area (Å²) in [7, 11) is 0. The molecule has 1 fully saturated rings. The van der Waals surface area contributed by atoms with E-state index in [1.807, 2.05) is 0 Å². The third kappa shape index (κ3) is 2.01. The monoisotopic (exact) mass is 217 g/mol. The maximum absolute atomic E-state index is 6.68. The highest BCUT2D eigenvalue weighted by Gasteiger charge is 2.40. The van der Waals surface area contributed by atoms with Crippen LogP contribution in [0, 0.1) is 5.92 Å². The summed E-state index contributed by atoms with van der Waals surface area (Å²) in [6.07, 6.45) is 5.03. The van der Waals surface area contributed by atoms with Crippen molar-refractivity contribution in [3.05, 3.63) is 35.9 Å². The second kappa shape index (κ2) is 4.58. The number of benzene rings is 1. The molecule has 0 aromatic heterocycles. The molecule has 2 N–H and O–H groups in total. The third-order valence-electron chi connectivity index (χ3n) is 4.28. The van der Waals surface area contributed by atoms with Gasteiger partial charge in [-0.25, -0.2) is 0 Å². The molecule has 1 nitrogen and oxygen atoms in total. The van der Waals surface area contributed by atoms with Gasteiger partial charge >= 0.3 is 0 Å². The summed E-state index contributed by atoms with van der Waals surface area (Å²) in [5, 5.41) is 0. The molecule has 2 unspecified atom stereocenters. The SMILES string of the molecule is CC(C)C1(N)CCCCC1c1ccccc1. The fourth-order valence-electron chi connectivity index (χ4n) is 3.08. The molecular weight excluding hydrogens is 194 g/mol. The normalized spacial score (nSPS) is 30.6. The van der Waals surface area contributed by atoms with Gasteiger partial charge in [-0.15, -0.1) is 0 Å². The minimum Gasteiger partial charge on any atom is -0.324 e. The molecule has 1 aliphatic carbocycles. The summed E-state index contributed by atoms with van der Waals surface area (Å²) in [5.74, 6) is 1.10. The first-order valence-electron chi connectivity index (χ1n) is 6.48. The van der Waals surface area contributed by atoms with E-state index in [-0.39, 0.29) is 5.54 Å². The molecule has 88 valence electrons.